The van der Waals surface area contributed by atoms with Gasteiger partial charge in [-0.2, -0.15) is 0 Å². The second-order valence-electron chi connectivity index (χ2n) is 6.52. The molecule has 2 aromatic heterocycles. The summed E-state index contributed by atoms with van der Waals surface area (Å²) in [6.07, 6.45) is 3.82. The molecule has 0 bridgehead atoms. The number of carbonyl (C=O) groups is 1. The molecule has 7 heteroatoms. The van der Waals surface area contributed by atoms with Crippen molar-refractivity contribution in [3.63, 3.8) is 0 Å². The van der Waals surface area contributed by atoms with Gasteiger partial charge in [0.25, 0.3) is 0 Å². The van der Waals surface area contributed by atoms with Crippen molar-refractivity contribution in [2.45, 2.75) is 19.4 Å². The zero-order valence-corrected chi connectivity index (χ0v) is 15.9. The Labute approximate surface area is 160 Å². The second kappa shape index (κ2) is 7.45. The number of amides is 1. The lowest BCUT2D eigenvalue weighted by atomic mass is 9.97. The number of nitrogens with one attached hydrogen (secondary N) is 1. The molecule has 0 saturated carbocycles. The van der Waals surface area contributed by atoms with Crippen molar-refractivity contribution in [1.82, 2.24) is 19.9 Å². The van der Waals surface area contributed by atoms with Gasteiger partial charge in [-0.25, -0.2) is 0 Å². The van der Waals surface area contributed by atoms with E-state index in [0.717, 1.165) is 41.0 Å². The molecule has 4 rings (SSSR count). The van der Waals surface area contributed by atoms with E-state index in [9.17, 15) is 4.79 Å². The van der Waals surface area contributed by atoms with E-state index in [2.05, 4.69) is 36.3 Å². The Morgan fingerprint density at radius 3 is 2.92 bits per heavy atom. The second-order valence-corrected chi connectivity index (χ2v) is 7.38. The van der Waals surface area contributed by atoms with Crippen LogP contribution in [0.4, 0.5) is 5.95 Å². The molecule has 1 aliphatic heterocycles. The fraction of sp³-hybridized carbons (Fsp3) is 0.316. The van der Waals surface area contributed by atoms with Gasteiger partial charge >= 0.3 is 0 Å². The Hall–Kier alpha value is -2.41. The van der Waals surface area contributed by atoms with Crippen LogP contribution in [0.1, 0.15) is 18.4 Å². The highest BCUT2D eigenvalue weighted by molar-refractivity contribution is 9.10. The Bertz CT molecular complexity index is 925. The number of pyridine rings is 1. The minimum absolute atomic E-state index is 0.0395. The summed E-state index contributed by atoms with van der Waals surface area (Å²) in [7, 11) is 0. The molecule has 3 aromatic rings. The maximum Gasteiger partial charge on any atom is 0.231 e. The zero-order valence-electron chi connectivity index (χ0n) is 14.3. The van der Waals surface area contributed by atoms with E-state index in [1.165, 1.54) is 0 Å². The molecule has 1 atom stereocenters. The molecule has 1 N–H and O–H groups in total. The molecule has 1 aliphatic rings. The summed E-state index contributed by atoms with van der Waals surface area (Å²) in [5, 5.41) is 11.6. The number of hydrogen-bond donors (Lipinski definition) is 1. The van der Waals surface area contributed by atoms with Crippen molar-refractivity contribution in [2.24, 2.45) is 5.92 Å². The molecule has 1 amide bonds. The average molecular weight is 414 g/mol. The van der Waals surface area contributed by atoms with Gasteiger partial charge < -0.3 is 10.2 Å². The molecule has 1 fully saturated rings. The van der Waals surface area contributed by atoms with Crippen LogP contribution in [0.2, 0.25) is 0 Å². The van der Waals surface area contributed by atoms with Crippen LogP contribution in [0.5, 0.6) is 0 Å². The first kappa shape index (κ1) is 17.0. The van der Waals surface area contributed by atoms with Gasteiger partial charge in [0.15, 0.2) is 5.65 Å². The van der Waals surface area contributed by atoms with E-state index in [4.69, 9.17) is 0 Å². The molecular formula is C19H20BrN5O. The Balaban J connectivity index is 1.43. The van der Waals surface area contributed by atoms with E-state index in [1.54, 1.807) is 0 Å². The number of aromatic nitrogens is 3. The normalized spacial score (nSPS) is 17.4. The predicted molar refractivity (Wildman–Crippen MR) is 104 cm³/mol. The summed E-state index contributed by atoms with van der Waals surface area (Å²) >= 11 is 3.52. The monoisotopic (exact) mass is 413 g/mol. The van der Waals surface area contributed by atoms with Crippen LogP contribution in [0.3, 0.4) is 0 Å². The third kappa shape index (κ3) is 3.44. The molecule has 0 spiro atoms. The summed E-state index contributed by atoms with van der Waals surface area (Å²) in [5.74, 6) is 0.866. The van der Waals surface area contributed by atoms with Gasteiger partial charge in [-0.1, -0.05) is 40.2 Å². The van der Waals surface area contributed by atoms with Gasteiger partial charge in [-0.05, 0) is 36.6 Å². The fourth-order valence-electron chi connectivity index (χ4n) is 3.39. The summed E-state index contributed by atoms with van der Waals surface area (Å²) in [5.41, 5.74) is 1.90. The number of nitrogens with zero attached hydrogens (tertiary/aromatic N) is 4. The van der Waals surface area contributed by atoms with Crippen LogP contribution in [-0.2, 0) is 11.3 Å². The average Bonchev–Trinajstić information content (AvgIpc) is 3.11. The first-order valence-electron chi connectivity index (χ1n) is 8.78. The van der Waals surface area contributed by atoms with Gasteiger partial charge in [0.2, 0.25) is 11.9 Å². The zero-order chi connectivity index (χ0) is 17.9. The number of fused-ring (bicyclic) bond motifs is 1. The third-order valence-electron chi connectivity index (χ3n) is 4.78. The summed E-state index contributed by atoms with van der Waals surface area (Å²) in [4.78, 5) is 14.8. The van der Waals surface area contributed by atoms with Gasteiger partial charge in [0, 0.05) is 30.3 Å². The van der Waals surface area contributed by atoms with Crippen molar-refractivity contribution < 1.29 is 4.79 Å². The molecule has 1 aromatic carbocycles. The maximum atomic E-state index is 12.7. The van der Waals surface area contributed by atoms with E-state index in [0.29, 0.717) is 13.1 Å². The third-order valence-corrected chi connectivity index (χ3v) is 5.56. The molecular weight excluding hydrogens is 394 g/mol. The summed E-state index contributed by atoms with van der Waals surface area (Å²) in [6.45, 7) is 2.09. The van der Waals surface area contributed by atoms with E-state index < -0.39 is 0 Å². The molecule has 26 heavy (non-hydrogen) atoms. The lowest BCUT2D eigenvalue weighted by molar-refractivity contribution is -0.125. The van der Waals surface area contributed by atoms with Crippen LogP contribution in [0.15, 0.2) is 53.1 Å². The highest BCUT2D eigenvalue weighted by Crippen LogP contribution is 2.23. The molecule has 6 nitrogen and oxygen atoms in total. The number of anilines is 1. The number of halogens is 1. The van der Waals surface area contributed by atoms with Crippen molar-refractivity contribution in [1.29, 1.82) is 0 Å². The highest BCUT2D eigenvalue weighted by Gasteiger charge is 2.28. The predicted octanol–water partition coefficient (Wildman–Crippen LogP) is 3.02. The smallest absolute Gasteiger partial charge is 0.231 e. The standard InChI is InChI=1S/C19H20BrN5O/c20-16-8-2-1-6-14(16)12-21-18(26)15-7-5-10-24(13-15)19-23-22-17-9-3-4-11-25(17)19/h1-4,6,8-9,11,15H,5,7,10,12-13H2,(H,21,26)/t15-/m1/s1. The van der Waals surface area contributed by atoms with Crippen molar-refractivity contribution in [3.05, 3.63) is 58.7 Å². The Kier molecular flexibility index (Phi) is 4.88. The number of benzene rings is 1. The van der Waals surface area contributed by atoms with Gasteiger partial charge in [-0.3, -0.25) is 9.20 Å². The largest absolute Gasteiger partial charge is 0.352 e. The van der Waals surface area contributed by atoms with Crippen LogP contribution in [0, 0.1) is 5.92 Å². The number of hydrogen-bond acceptors (Lipinski definition) is 4. The molecule has 134 valence electrons. The van der Waals surface area contributed by atoms with E-state index in [-0.39, 0.29) is 11.8 Å². The number of carbonyl (C=O) groups excluding carboxylic acids is 1. The van der Waals surface area contributed by atoms with Gasteiger partial charge in [-0.15, -0.1) is 10.2 Å². The van der Waals surface area contributed by atoms with Crippen LogP contribution < -0.4 is 10.2 Å². The van der Waals surface area contributed by atoms with Crippen LogP contribution >= 0.6 is 15.9 Å². The summed E-state index contributed by atoms with van der Waals surface area (Å²) < 4.78 is 2.99. The Morgan fingerprint density at radius 2 is 2.04 bits per heavy atom. The molecule has 0 aliphatic carbocycles. The summed E-state index contributed by atoms with van der Waals surface area (Å²) in [6, 6.07) is 13.8. The van der Waals surface area contributed by atoms with E-state index >= 15 is 0 Å². The minimum Gasteiger partial charge on any atom is -0.352 e. The van der Waals surface area contributed by atoms with Crippen molar-refractivity contribution >= 4 is 33.4 Å². The van der Waals surface area contributed by atoms with Gasteiger partial charge in [0.1, 0.15) is 0 Å². The van der Waals surface area contributed by atoms with Crippen LogP contribution in [-0.4, -0.2) is 33.6 Å². The molecule has 0 unspecified atom stereocenters. The molecule has 1 saturated heterocycles. The lowest BCUT2D eigenvalue weighted by Crippen LogP contribution is -2.43. The lowest BCUT2D eigenvalue weighted by Gasteiger charge is -2.32. The van der Waals surface area contributed by atoms with Crippen molar-refractivity contribution in [3.8, 4) is 0 Å². The number of rotatable bonds is 4. The van der Waals surface area contributed by atoms with Crippen molar-refractivity contribution in [2.75, 3.05) is 18.0 Å². The SMILES string of the molecule is O=C(NCc1ccccc1Br)[C@@H]1CCCN(c2nnc3ccccn23)C1. The van der Waals surface area contributed by atoms with Gasteiger partial charge in [0.05, 0.1) is 5.92 Å². The van der Waals surface area contributed by atoms with E-state index in [1.807, 2.05) is 53.1 Å². The quantitative estimate of drug-likeness (QED) is 0.713. The first-order valence-corrected chi connectivity index (χ1v) is 9.57. The Morgan fingerprint density at radius 1 is 1.19 bits per heavy atom. The highest BCUT2D eigenvalue weighted by atomic mass is 79.9. The number of piperidine rings is 1. The maximum absolute atomic E-state index is 12.7. The fourth-order valence-corrected chi connectivity index (χ4v) is 3.81. The topological polar surface area (TPSA) is 62.5 Å². The first-order chi connectivity index (χ1) is 12.7. The minimum atomic E-state index is -0.0395. The molecule has 0 radical (unpaired) electrons. The molecule has 3 heterocycles. The van der Waals surface area contributed by atoms with Crippen LogP contribution in [0.25, 0.3) is 5.65 Å².